The Hall–Kier alpha value is -4.18. The van der Waals surface area contributed by atoms with Crippen molar-refractivity contribution in [2.24, 2.45) is 0 Å². The van der Waals surface area contributed by atoms with Gasteiger partial charge in [-0.25, -0.2) is 0 Å². The minimum atomic E-state index is -1.37. The molecule has 4 nitrogen and oxygen atoms in total. The molecule has 0 aliphatic carbocycles. The number of nitrogens with zero attached hydrogens (tertiary/aromatic N) is 2. The average molecular weight is 459 g/mol. The summed E-state index contributed by atoms with van der Waals surface area (Å²) in [6, 6.07) is 32.0. The van der Waals surface area contributed by atoms with Gasteiger partial charge in [-0.1, -0.05) is 96.1 Å². The maximum absolute atomic E-state index is 14.5. The topological polar surface area (TPSA) is 40.6 Å². The molecule has 0 N–H and O–H groups in total. The number of aryl methyl sites for hydroxylation is 2. The summed E-state index contributed by atoms with van der Waals surface area (Å²) in [4.78, 5) is 32.5. The molecule has 6 rings (SSSR count). The Bertz CT molecular complexity index is 1350. The molecule has 0 bridgehead atoms. The molecular weight excluding hydrogens is 432 g/mol. The van der Waals surface area contributed by atoms with E-state index in [1.807, 2.05) is 111 Å². The Labute approximate surface area is 205 Å². The second-order valence-electron chi connectivity index (χ2n) is 9.54. The molecular formula is C31H26N2O2. The number of amides is 2. The van der Waals surface area contributed by atoms with E-state index in [-0.39, 0.29) is 11.8 Å². The lowest BCUT2D eigenvalue weighted by atomic mass is 9.75. The molecule has 172 valence electrons. The molecule has 0 unspecified atom stereocenters. The molecule has 0 saturated heterocycles. The molecule has 4 aromatic rings. The first-order valence-electron chi connectivity index (χ1n) is 11.9. The van der Waals surface area contributed by atoms with E-state index in [2.05, 4.69) is 0 Å². The zero-order valence-electron chi connectivity index (χ0n) is 19.9. The van der Waals surface area contributed by atoms with Crippen molar-refractivity contribution >= 4 is 23.2 Å². The number of hydrogen-bond acceptors (Lipinski definition) is 2. The highest BCUT2D eigenvalue weighted by molar-refractivity contribution is 6.31. The van der Waals surface area contributed by atoms with Gasteiger partial charge in [-0.3, -0.25) is 9.59 Å². The molecule has 0 atom stereocenters. The summed E-state index contributed by atoms with van der Waals surface area (Å²) >= 11 is 0. The third-order valence-electron chi connectivity index (χ3n) is 7.19. The maximum Gasteiger partial charge on any atom is 0.252 e. The van der Waals surface area contributed by atoms with Crippen molar-refractivity contribution < 1.29 is 9.59 Å². The van der Waals surface area contributed by atoms with E-state index in [1.165, 1.54) is 0 Å². The van der Waals surface area contributed by atoms with Crippen LogP contribution in [0.4, 0.5) is 11.4 Å². The number of carbonyl (C=O) groups excluding carboxylic acids is 2. The Kier molecular flexibility index (Phi) is 4.85. The van der Waals surface area contributed by atoms with E-state index in [0.717, 1.165) is 44.8 Å². The first-order valence-corrected chi connectivity index (χ1v) is 11.9. The lowest BCUT2D eigenvalue weighted by Crippen LogP contribution is -2.48. The highest BCUT2D eigenvalue weighted by Gasteiger charge is 2.63. The monoisotopic (exact) mass is 458 g/mol. The Morgan fingerprint density at radius 1 is 0.571 bits per heavy atom. The van der Waals surface area contributed by atoms with Crippen molar-refractivity contribution in [2.75, 3.05) is 9.80 Å². The Balaban J connectivity index is 1.55. The molecule has 0 fully saturated rings. The van der Waals surface area contributed by atoms with Crippen LogP contribution < -0.4 is 9.80 Å². The number of carbonyl (C=O) groups is 2. The summed E-state index contributed by atoms with van der Waals surface area (Å²) in [7, 11) is 0. The van der Waals surface area contributed by atoms with Crippen molar-refractivity contribution in [1.29, 1.82) is 0 Å². The molecule has 4 aromatic carbocycles. The first-order chi connectivity index (χ1) is 17.0. The van der Waals surface area contributed by atoms with Crippen molar-refractivity contribution in [2.45, 2.75) is 32.4 Å². The Morgan fingerprint density at radius 2 is 0.971 bits per heavy atom. The summed E-state index contributed by atoms with van der Waals surface area (Å²) in [5.41, 5.74) is 5.94. The smallest absolute Gasteiger partial charge is 0.252 e. The molecule has 2 aliphatic heterocycles. The van der Waals surface area contributed by atoms with Crippen molar-refractivity contribution in [1.82, 2.24) is 0 Å². The van der Waals surface area contributed by atoms with Gasteiger partial charge < -0.3 is 9.80 Å². The quantitative estimate of drug-likeness (QED) is 0.369. The molecule has 2 aliphatic rings. The van der Waals surface area contributed by atoms with Crippen LogP contribution in [0, 0.1) is 13.8 Å². The van der Waals surface area contributed by atoms with Crippen molar-refractivity contribution in [3.8, 4) is 0 Å². The van der Waals surface area contributed by atoms with Crippen LogP contribution in [0.25, 0.3) is 0 Å². The van der Waals surface area contributed by atoms with E-state index in [9.17, 15) is 9.59 Å². The average Bonchev–Trinajstić information content (AvgIpc) is 3.25. The summed E-state index contributed by atoms with van der Waals surface area (Å²) in [6.45, 7) is 4.86. The zero-order valence-corrected chi connectivity index (χ0v) is 19.9. The largest absolute Gasteiger partial charge is 0.306 e. The predicted molar refractivity (Wildman–Crippen MR) is 138 cm³/mol. The minimum Gasteiger partial charge on any atom is -0.306 e. The minimum absolute atomic E-state index is 0.172. The van der Waals surface area contributed by atoms with Gasteiger partial charge in [-0.15, -0.1) is 0 Å². The highest BCUT2D eigenvalue weighted by Crippen LogP contribution is 2.55. The van der Waals surface area contributed by atoms with E-state index in [0.29, 0.717) is 13.1 Å². The van der Waals surface area contributed by atoms with Gasteiger partial charge in [0, 0.05) is 22.5 Å². The molecule has 0 saturated carbocycles. The lowest BCUT2D eigenvalue weighted by Gasteiger charge is -2.25. The van der Waals surface area contributed by atoms with Gasteiger partial charge >= 0.3 is 0 Å². The molecule has 2 amide bonds. The van der Waals surface area contributed by atoms with Gasteiger partial charge in [-0.2, -0.15) is 0 Å². The third-order valence-corrected chi connectivity index (χ3v) is 7.19. The lowest BCUT2D eigenvalue weighted by molar-refractivity contribution is -0.131. The fourth-order valence-corrected chi connectivity index (χ4v) is 5.54. The van der Waals surface area contributed by atoms with Gasteiger partial charge in [0.25, 0.3) is 11.8 Å². The molecule has 2 heterocycles. The van der Waals surface area contributed by atoms with Crippen LogP contribution in [0.5, 0.6) is 0 Å². The van der Waals surface area contributed by atoms with E-state index < -0.39 is 5.41 Å². The SMILES string of the molecule is Cc1ccc2c(c1)C1(C(=O)N2Cc2ccccc2)C(=O)N(Cc2ccccc2)c2ccc(C)cc21. The summed E-state index contributed by atoms with van der Waals surface area (Å²) < 4.78 is 0. The van der Waals surface area contributed by atoms with Crippen LogP contribution in [0.15, 0.2) is 97.1 Å². The van der Waals surface area contributed by atoms with Gasteiger partial charge in [0.05, 0.1) is 13.1 Å². The fraction of sp³-hybridized carbons (Fsp3) is 0.161. The van der Waals surface area contributed by atoms with Crippen LogP contribution >= 0.6 is 0 Å². The molecule has 0 radical (unpaired) electrons. The molecule has 0 aromatic heterocycles. The standard InChI is InChI=1S/C31H26N2O2/c1-21-13-15-27-25(17-21)31(29(34)32(27)19-23-9-5-3-6-10-23)26-18-22(2)14-16-28(26)33(30(31)35)20-24-11-7-4-8-12-24/h3-18H,19-20H2,1-2H3. The van der Waals surface area contributed by atoms with Gasteiger partial charge in [0.15, 0.2) is 5.41 Å². The summed E-state index contributed by atoms with van der Waals surface area (Å²) in [5.74, 6) is -0.344. The van der Waals surface area contributed by atoms with E-state index in [1.54, 1.807) is 9.80 Å². The Morgan fingerprint density at radius 3 is 1.37 bits per heavy atom. The maximum atomic E-state index is 14.5. The molecule has 1 spiro atoms. The van der Waals surface area contributed by atoms with Gasteiger partial charge in [0.2, 0.25) is 0 Å². The van der Waals surface area contributed by atoms with Crippen LogP contribution in [-0.4, -0.2) is 11.8 Å². The third kappa shape index (κ3) is 3.13. The van der Waals surface area contributed by atoms with Crippen molar-refractivity contribution in [3.05, 3.63) is 130 Å². The van der Waals surface area contributed by atoms with E-state index in [4.69, 9.17) is 0 Å². The number of hydrogen-bond donors (Lipinski definition) is 0. The first kappa shape index (κ1) is 21.4. The molecule has 4 heteroatoms. The van der Waals surface area contributed by atoms with Crippen LogP contribution in [0.1, 0.15) is 33.4 Å². The predicted octanol–water partition coefficient (Wildman–Crippen LogP) is 5.68. The van der Waals surface area contributed by atoms with E-state index >= 15 is 0 Å². The van der Waals surface area contributed by atoms with Crippen molar-refractivity contribution in [3.63, 3.8) is 0 Å². The normalized spacial score (nSPS) is 15.6. The van der Waals surface area contributed by atoms with Crippen LogP contribution in [-0.2, 0) is 28.1 Å². The highest BCUT2D eigenvalue weighted by atomic mass is 16.2. The molecule has 35 heavy (non-hydrogen) atoms. The number of fused-ring (bicyclic) bond motifs is 4. The second kappa shape index (κ2) is 7.95. The van der Waals surface area contributed by atoms with Crippen LogP contribution in [0.3, 0.4) is 0 Å². The second-order valence-corrected chi connectivity index (χ2v) is 9.54. The summed E-state index contributed by atoms with van der Waals surface area (Å²) in [6.07, 6.45) is 0. The van der Waals surface area contributed by atoms with Gasteiger partial charge in [0.1, 0.15) is 0 Å². The zero-order chi connectivity index (χ0) is 24.2. The number of rotatable bonds is 4. The fourth-order valence-electron chi connectivity index (χ4n) is 5.54. The number of benzene rings is 4. The van der Waals surface area contributed by atoms with Crippen LogP contribution in [0.2, 0.25) is 0 Å². The van der Waals surface area contributed by atoms with Gasteiger partial charge in [-0.05, 0) is 37.1 Å². The summed E-state index contributed by atoms with van der Waals surface area (Å²) in [5, 5.41) is 0. The number of anilines is 2.